The van der Waals surface area contributed by atoms with Crippen molar-refractivity contribution in [3.63, 3.8) is 0 Å². The van der Waals surface area contributed by atoms with Gasteiger partial charge in [0.1, 0.15) is 17.3 Å². The van der Waals surface area contributed by atoms with E-state index in [0.717, 1.165) is 12.1 Å². The van der Waals surface area contributed by atoms with E-state index in [1.807, 2.05) is 0 Å². The molecule has 4 nitrogen and oxygen atoms in total. The smallest absolute Gasteiger partial charge is 0.263 e. The maximum absolute atomic E-state index is 12.8. The zero-order valence-electron chi connectivity index (χ0n) is 10.9. The molecule has 0 atom stereocenters. The minimum atomic E-state index is -3.84. The first-order valence-electron chi connectivity index (χ1n) is 6.00. The average Bonchev–Trinajstić information content (AvgIpc) is 2.47. The van der Waals surface area contributed by atoms with Crippen molar-refractivity contribution in [2.24, 2.45) is 0 Å². The third-order valence-corrected chi connectivity index (χ3v) is 4.01. The Balaban J connectivity index is 2.38. The van der Waals surface area contributed by atoms with Crippen LogP contribution in [-0.4, -0.2) is 20.1 Å². The largest absolute Gasteiger partial charge is 0.384 e. The molecule has 0 heterocycles. The number of rotatable bonds is 3. The number of anilines is 1. The highest BCUT2D eigenvalue weighted by Crippen LogP contribution is 2.19. The summed E-state index contributed by atoms with van der Waals surface area (Å²) in [7, 11) is -3.84. The molecule has 2 aromatic carbocycles. The minimum absolute atomic E-state index is 0.00437. The number of halogens is 1. The number of sulfonamides is 1. The molecular weight excluding hydrogens is 293 g/mol. The van der Waals surface area contributed by atoms with Gasteiger partial charge in [0.05, 0.1) is 0 Å². The van der Waals surface area contributed by atoms with Crippen LogP contribution in [0.5, 0.6) is 0 Å². The van der Waals surface area contributed by atoms with E-state index >= 15 is 0 Å². The van der Waals surface area contributed by atoms with Gasteiger partial charge in [-0.2, -0.15) is 0 Å². The molecule has 0 radical (unpaired) electrons. The van der Waals surface area contributed by atoms with Crippen molar-refractivity contribution in [2.75, 3.05) is 11.3 Å². The van der Waals surface area contributed by atoms with Gasteiger partial charge in [-0.1, -0.05) is 24.0 Å². The first-order chi connectivity index (χ1) is 10.0. The Kier molecular flexibility index (Phi) is 4.58. The summed E-state index contributed by atoms with van der Waals surface area (Å²) >= 11 is 0. The maximum Gasteiger partial charge on any atom is 0.263 e. The van der Waals surface area contributed by atoms with Crippen molar-refractivity contribution in [2.45, 2.75) is 4.90 Å². The summed E-state index contributed by atoms with van der Waals surface area (Å²) in [5.74, 6) is 4.55. The Hall–Kier alpha value is -2.36. The molecule has 0 aromatic heterocycles. The van der Waals surface area contributed by atoms with Crippen molar-refractivity contribution in [3.05, 3.63) is 59.9 Å². The summed E-state index contributed by atoms with van der Waals surface area (Å²) in [4.78, 5) is -0.00437. The lowest BCUT2D eigenvalue weighted by Gasteiger charge is -2.09. The van der Waals surface area contributed by atoms with Gasteiger partial charge in [0.25, 0.3) is 10.0 Å². The van der Waals surface area contributed by atoms with E-state index in [1.54, 1.807) is 18.2 Å². The van der Waals surface area contributed by atoms with Gasteiger partial charge < -0.3 is 5.11 Å². The predicted octanol–water partition coefficient (Wildman–Crippen LogP) is 1.97. The third kappa shape index (κ3) is 3.81. The van der Waals surface area contributed by atoms with Crippen molar-refractivity contribution >= 4 is 15.7 Å². The van der Waals surface area contributed by atoms with Crippen LogP contribution in [-0.2, 0) is 10.0 Å². The molecule has 0 saturated heterocycles. The molecule has 0 fully saturated rings. The Morgan fingerprint density at radius 3 is 2.43 bits per heavy atom. The summed E-state index contributed by atoms with van der Waals surface area (Å²) in [6, 6.07) is 11.2. The molecule has 0 saturated carbocycles. The molecule has 2 aromatic rings. The molecule has 0 aliphatic carbocycles. The van der Waals surface area contributed by atoms with Crippen molar-refractivity contribution < 1.29 is 17.9 Å². The van der Waals surface area contributed by atoms with Gasteiger partial charge in [0.15, 0.2) is 0 Å². The lowest BCUT2D eigenvalue weighted by molar-refractivity contribution is 0.350. The van der Waals surface area contributed by atoms with Gasteiger partial charge >= 0.3 is 0 Å². The van der Waals surface area contributed by atoms with Gasteiger partial charge in [-0.25, -0.2) is 12.8 Å². The number of benzene rings is 2. The molecule has 0 unspecified atom stereocenters. The van der Waals surface area contributed by atoms with Crippen LogP contribution in [0.1, 0.15) is 5.56 Å². The summed E-state index contributed by atoms with van der Waals surface area (Å²) < 4.78 is 39.9. The van der Waals surface area contributed by atoms with E-state index in [-0.39, 0.29) is 22.8 Å². The molecule has 108 valence electrons. The zero-order chi connectivity index (χ0) is 15.3. The van der Waals surface area contributed by atoms with Gasteiger partial charge in [-0.15, -0.1) is 0 Å². The second-order valence-corrected chi connectivity index (χ2v) is 5.72. The fourth-order valence-electron chi connectivity index (χ4n) is 1.67. The van der Waals surface area contributed by atoms with E-state index in [2.05, 4.69) is 16.6 Å². The van der Waals surface area contributed by atoms with Gasteiger partial charge in [0, 0.05) is 11.3 Å². The summed E-state index contributed by atoms with van der Waals surface area (Å²) in [5.41, 5.74) is 0.530. The van der Waals surface area contributed by atoms with Crippen LogP contribution < -0.4 is 4.72 Å². The molecule has 0 aliphatic heterocycles. The standard InChI is InChI=1S/C15H12FNO3S/c16-13-7-9-14(10-8-13)17-21(19,20)15-6-2-1-4-12(15)5-3-11-18/h1-2,4,6-10,17-18H,11H2. The molecule has 0 aliphatic rings. The van der Waals surface area contributed by atoms with E-state index in [9.17, 15) is 12.8 Å². The lowest BCUT2D eigenvalue weighted by Crippen LogP contribution is -2.14. The number of aliphatic hydroxyl groups excluding tert-OH is 1. The van der Waals surface area contributed by atoms with Crippen LogP contribution in [0.25, 0.3) is 0 Å². The highest BCUT2D eigenvalue weighted by molar-refractivity contribution is 7.92. The Labute approximate surface area is 122 Å². The van der Waals surface area contributed by atoms with E-state index in [0.29, 0.717) is 0 Å². The molecule has 0 bridgehead atoms. The van der Waals surface area contributed by atoms with E-state index in [4.69, 9.17) is 5.11 Å². The second-order valence-electron chi connectivity index (χ2n) is 4.07. The zero-order valence-corrected chi connectivity index (χ0v) is 11.7. The lowest BCUT2D eigenvalue weighted by atomic mass is 10.2. The van der Waals surface area contributed by atoms with E-state index in [1.165, 1.54) is 18.2 Å². The first kappa shape index (κ1) is 15.0. The van der Waals surface area contributed by atoms with Crippen LogP contribution in [0.3, 0.4) is 0 Å². The van der Waals surface area contributed by atoms with Gasteiger partial charge in [0.2, 0.25) is 0 Å². The highest BCUT2D eigenvalue weighted by Gasteiger charge is 2.17. The summed E-state index contributed by atoms with van der Waals surface area (Å²) in [5, 5.41) is 8.71. The van der Waals surface area contributed by atoms with Crippen LogP contribution in [0.2, 0.25) is 0 Å². The fraction of sp³-hybridized carbons (Fsp3) is 0.0667. The molecule has 0 spiro atoms. The maximum atomic E-state index is 12.8. The van der Waals surface area contributed by atoms with Crippen LogP contribution in [0.4, 0.5) is 10.1 Å². The van der Waals surface area contributed by atoms with E-state index < -0.39 is 15.8 Å². The topological polar surface area (TPSA) is 66.4 Å². The molecule has 21 heavy (non-hydrogen) atoms. The number of nitrogens with one attached hydrogen (secondary N) is 1. The SMILES string of the molecule is O=S(=O)(Nc1ccc(F)cc1)c1ccccc1C#CCO. The molecule has 2 N–H and O–H groups in total. The van der Waals surface area contributed by atoms with Crippen LogP contribution >= 0.6 is 0 Å². The van der Waals surface area contributed by atoms with Crippen LogP contribution in [0, 0.1) is 17.7 Å². The normalized spacial score (nSPS) is 10.6. The number of aliphatic hydroxyl groups is 1. The van der Waals surface area contributed by atoms with Crippen molar-refractivity contribution in [1.82, 2.24) is 0 Å². The average molecular weight is 305 g/mol. The van der Waals surface area contributed by atoms with Crippen LogP contribution in [0.15, 0.2) is 53.4 Å². The highest BCUT2D eigenvalue weighted by atomic mass is 32.2. The predicted molar refractivity (Wildman–Crippen MR) is 77.6 cm³/mol. The Morgan fingerprint density at radius 2 is 1.76 bits per heavy atom. The Morgan fingerprint density at radius 1 is 1.10 bits per heavy atom. The van der Waals surface area contributed by atoms with Crippen molar-refractivity contribution in [1.29, 1.82) is 0 Å². The van der Waals surface area contributed by atoms with Gasteiger partial charge in [-0.05, 0) is 36.4 Å². The Bertz CT molecular complexity index is 790. The summed E-state index contributed by atoms with van der Waals surface area (Å²) in [6.45, 7) is -0.361. The molecule has 6 heteroatoms. The third-order valence-electron chi connectivity index (χ3n) is 2.58. The molecular formula is C15H12FNO3S. The quantitative estimate of drug-likeness (QED) is 0.852. The molecule has 2 rings (SSSR count). The number of hydrogen-bond donors (Lipinski definition) is 2. The first-order valence-corrected chi connectivity index (χ1v) is 7.48. The minimum Gasteiger partial charge on any atom is -0.384 e. The van der Waals surface area contributed by atoms with Crippen molar-refractivity contribution in [3.8, 4) is 11.8 Å². The monoisotopic (exact) mass is 305 g/mol. The summed E-state index contributed by atoms with van der Waals surface area (Å²) in [6.07, 6.45) is 0. The second kappa shape index (κ2) is 6.39. The molecule has 0 amide bonds. The number of hydrogen-bond acceptors (Lipinski definition) is 3. The van der Waals surface area contributed by atoms with Gasteiger partial charge in [-0.3, -0.25) is 4.72 Å². The fourth-order valence-corrected chi connectivity index (χ4v) is 2.89.